The molecule has 0 fully saturated rings. The topological polar surface area (TPSA) is 50.4 Å². The van der Waals surface area contributed by atoms with Crippen LogP contribution < -0.4 is 14.7 Å². The zero-order valence-electron chi connectivity index (χ0n) is 13.0. The molecule has 0 saturated carbocycles. The summed E-state index contributed by atoms with van der Waals surface area (Å²) < 4.78 is 18.4. The third kappa shape index (κ3) is 7.86. The van der Waals surface area contributed by atoms with Crippen LogP contribution in [0.5, 0.6) is 5.75 Å². The first-order valence-corrected chi connectivity index (χ1v) is 8.77. The van der Waals surface area contributed by atoms with E-state index in [1.54, 1.807) is 12.1 Å². The Kier molecular flexibility index (Phi) is 8.06. The highest BCUT2D eigenvalue weighted by Gasteiger charge is 2.22. The maximum Gasteiger partial charge on any atom is 0.390 e. The van der Waals surface area contributed by atoms with Crippen LogP contribution in [0.25, 0.3) is 0 Å². The maximum absolute atomic E-state index is 12.8. The highest BCUT2D eigenvalue weighted by Crippen LogP contribution is 2.38. The molecule has 1 atom stereocenters. The van der Waals surface area contributed by atoms with Gasteiger partial charge in [0.1, 0.15) is 5.75 Å². The van der Waals surface area contributed by atoms with Gasteiger partial charge in [0.15, 0.2) is 0 Å². The fourth-order valence-corrected chi connectivity index (χ4v) is 3.04. The number of allylic oxidation sites excluding steroid dienone is 2. The number of hydrogen-bond acceptors (Lipinski definition) is 2. The molecule has 4 nitrogen and oxygen atoms in total. The van der Waals surface area contributed by atoms with Crippen molar-refractivity contribution in [3.8, 4) is 5.75 Å². The second kappa shape index (κ2) is 9.56. The van der Waals surface area contributed by atoms with Crippen LogP contribution in [0.2, 0.25) is 0 Å². The van der Waals surface area contributed by atoms with E-state index in [2.05, 4.69) is 16.3 Å². The van der Waals surface area contributed by atoms with Crippen molar-refractivity contribution in [1.82, 2.24) is 10.2 Å². The highest BCUT2D eigenvalue weighted by atomic mass is 31.2. The van der Waals surface area contributed by atoms with Gasteiger partial charge in [-0.1, -0.05) is 42.0 Å². The Morgan fingerprint density at radius 1 is 1.24 bits per heavy atom. The number of rotatable bonds is 9. The largest absolute Gasteiger partial charge is 0.422 e. The number of para-hydroxylation sites is 1. The zero-order valence-corrected chi connectivity index (χ0v) is 13.9. The highest BCUT2D eigenvalue weighted by molar-refractivity contribution is 7.55. The average molecular weight is 308 g/mol. The lowest BCUT2D eigenvalue weighted by Gasteiger charge is -2.20. The molecule has 0 bridgehead atoms. The Balaban J connectivity index is 2.65. The summed E-state index contributed by atoms with van der Waals surface area (Å²) in [7, 11) is -3.11. The summed E-state index contributed by atoms with van der Waals surface area (Å²) in [6.07, 6.45) is 6.73. The van der Waals surface area contributed by atoms with Crippen LogP contribution in [0.3, 0.4) is 0 Å². The molecule has 116 valence electrons. The van der Waals surface area contributed by atoms with E-state index in [1.807, 2.05) is 51.1 Å². The van der Waals surface area contributed by atoms with Crippen LogP contribution in [0.15, 0.2) is 54.1 Å². The molecule has 1 rings (SSSR count). The van der Waals surface area contributed by atoms with Crippen molar-refractivity contribution in [3.05, 3.63) is 54.1 Å². The molecule has 0 amide bonds. The van der Waals surface area contributed by atoms with Crippen LogP contribution in [-0.4, -0.2) is 13.1 Å². The van der Waals surface area contributed by atoms with E-state index in [0.717, 1.165) is 6.42 Å². The van der Waals surface area contributed by atoms with Crippen LogP contribution in [0, 0.1) is 0 Å². The van der Waals surface area contributed by atoms with Gasteiger partial charge < -0.3 is 4.52 Å². The van der Waals surface area contributed by atoms with Crippen molar-refractivity contribution in [2.24, 2.45) is 0 Å². The van der Waals surface area contributed by atoms with Crippen molar-refractivity contribution in [2.75, 3.05) is 13.1 Å². The summed E-state index contributed by atoms with van der Waals surface area (Å²) in [6.45, 7) is 7.11. The lowest BCUT2D eigenvalue weighted by Crippen LogP contribution is -2.26. The molecular weight excluding hydrogens is 283 g/mol. The monoisotopic (exact) mass is 308 g/mol. The minimum absolute atomic E-state index is 0.496. The first kappa shape index (κ1) is 17.7. The molecule has 0 spiro atoms. The Labute approximate surface area is 127 Å². The van der Waals surface area contributed by atoms with E-state index >= 15 is 0 Å². The van der Waals surface area contributed by atoms with E-state index in [1.165, 1.54) is 5.57 Å². The van der Waals surface area contributed by atoms with E-state index in [9.17, 15) is 4.57 Å². The molecule has 1 unspecified atom stereocenters. The van der Waals surface area contributed by atoms with Gasteiger partial charge in [0, 0.05) is 13.1 Å². The SMILES string of the molecule is C/C=C\CNP(=O)(NCCC=C(C)C)Oc1ccccc1. The summed E-state index contributed by atoms with van der Waals surface area (Å²) >= 11 is 0. The summed E-state index contributed by atoms with van der Waals surface area (Å²) in [5.41, 5.74) is 1.25. The van der Waals surface area contributed by atoms with Gasteiger partial charge in [-0.15, -0.1) is 0 Å². The molecule has 0 saturated heterocycles. The van der Waals surface area contributed by atoms with E-state index in [0.29, 0.717) is 18.8 Å². The maximum atomic E-state index is 12.8. The van der Waals surface area contributed by atoms with Crippen LogP contribution in [-0.2, 0) is 4.57 Å². The van der Waals surface area contributed by atoms with E-state index < -0.39 is 7.67 Å². The molecule has 5 heteroatoms. The standard InChI is InChI=1S/C16H25N2O2P/c1-4-5-13-17-21(19,18-14-9-10-15(2)3)20-16-11-7-6-8-12-16/h4-8,10-12H,9,13-14H2,1-3H3,(H2,17,18,19)/b5-4-. The Hall–Kier alpha value is -1.35. The van der Waals surface area contributed by atoms with Gasteiger partial charge >= 0.3 is 7.67 Å². The molecule has 0 heterocycles. The fourth-order valence-electron chi connectivity index (χ4n) is 1.61. The minimum Gasteiger partial charge on any atom is -0.422 e. The Morgan fingerprint density at radius 2 is 1.95 bits per heavy atom. The molecule has 2 N–H and O–H groups in total. The molecule has 0 aliphatic carbocycles. The second-order valence-corrected chi connectivity index (χ2v) is 6.78. The van der Waals surface area contributed by atoms with Crippen molar-refractivity contribution < 1.29 is 9.09 Å². The van der Waals surface area contributed by atoms with Crippen molar-refractivity contribution in [3.63, 3.8) is 0 Å². The lowest BCUT2D eigenvalue weighted by atomic mass is 10.3. The van der Waals surface area contributed by atoms with Crippen LogP contribution >= 0.6 is 7.67 Å². The van der Waals surface area contributed by atoms with Gasteiger partial charge in [0.2, 0.25) is 0 Å². The van der Waals surface area contributed by atoms with E-state index in [-0.39, 0.29) is 0 Å². The second-order valence-electron chi connectivity index (χ2n) is 4.87. The van der Waals surface area contributed by atoms with Gasteiger partial charge in [0.25, 0.3) is 0 Å². The Morgan fingerprint density at radius 3 is 2.57 bits per heavy atom. The van der Waals surface area contributed by atoms with Gasteiger partial charge in [-0.25, -0.2) is 14.7 Å². The molecule has 1 aromatic carbocycles. The first-order valence-electron chi connectivity index (χ1n) is 7.15. The lowest BCUT2D eigenvalue weighted by molar-refractivity contribution is 0.455. The normalized spacial score (nSPS) is 13.9. The van der Waals surface area contributed by atoms with E-state index in [4.69, 9.17) is 4.52 Å². The third-order valence-corrected chi connectivity index (χ3v) is 4.35. The molecule has 0 aromatic heterocycles. The number of benzene rings is 1. The van der Waals surface area contributed by atoms with Crippen molar-refractivity contribution >= 4 is 7.67 Å². The van der Waals surface area contributed by atoms with Crippen LogP contribution in [0.4, 0.5) is 0 Å². The summed E-state index contributed by atoms with van der Waals surface area (Å²) in [4.78, 5) is 0. The van der Waals surface area contributed by atoms with Crippen LogP contribution in [0.1, 0.15) is 27.2 Å². The van der Waals surface area contributed by atoms with Gasteiger partial charge in [-0.2, -0.15) is 0 Å². The van der Waals surface area contributed by atoms with Gasteiger partial charge in [-0.05, 0) is 39.3 Å². The fraction of sp³-hybridized carbons (Fsp3) is 0.375. The van der Waals surface area contributed by atoms with Crippen molar-refractivity contribution in [2.45, 2.75) is 27.2 Å². The summed E-state index contributed by atoms with van der Waals surface area (Å²) in [5, 5.41) is 5.95. The molecule has 0 radical (unpaired) electrons. The van der Waals surface area contributed by atoms with Gasteiger partial charge in [-0.3, -0.25) is 0 Å². The summed E-state index contributed by atoms with van der Waals surface area (Å²) in [5.74, 6) is 0.587. The molecule has 1 aromatic rings. The molecule has 0 aliphatic rings. The molecule has 21 heavy (non-hydrogen) atoms. The smallest absolute Gasteiger partial charge is 0.390 e. The average Bonchev–Trinajstić information content (AvgIpc) is 2.45. The first-order chi connectivity index (χ1) is 10.1. The summed E-state index contributed by atoms with van der Waals surface area (Å²) in [6, 6.07) is 9.19. The van der Waals surface area contributed by atoms with Crippen molar-refractivity contribution in [1.29, 1.82) is 0 Å². The quantitative estimate of drug-likeness (QED) is 0.406. The Bertz CT molecular complexity index is 508. The molecular formula is C16H25N2O2P. The van der Waals surface area contributed by atoms with Gasteiger partial charge in [0.05, 0.1) is 0 Å². The molecule has 0 aliphatic heterocycles. The predicted molar refractivity (Wildman–Crippen MR) is 89.5 cm³/mol. The number of hydrogen-bond donors (Lipinski definition) is 2. The third-order valence-electron chi connectivity index (χ3n) is 2.65. The minimum atomic E-state index is -3.11. The number of nitrogens with one attached hydrogen (secondary N) is 2. The zero-order chi connectivity index (χ0) is 15.6. The predicted octanol–water partition coefficient (Wildman–Crippen LogP) is 4.29.